The van der Waals surface area contributed by atoms with Gasteiger partial charge in [0.25, 0.3) is 5.91 Å². The second kappa shape index (κ2) is 5.51. The van der Waals surface area contributed by atoms with Crippen molar-refractivity contribution in [3.63, 3.8) is 0 Å². The summed E-state index contributed by atoms with van der Waals surface area (Å²) in [6.07, 6.45) is 2.35. The molecule has 2 aromatic heterocycles. The van der Waals surface area contributed by atoms with Crippen molar-refractivity contribution in [1.82, 2.24) is 15.0 Å². The Morgan fingerprint density at radius 3 is 2.67 bits per heavy atom. The topological polar surface area (TPSA) is 126 Å². The maximum Gasteiger partial charge on any atom is 0.251 e. The third kappa shape index (κ3) is 2.26. The van der Waals surface area contributed by atoms with E-state index in [-0.39, 0.29) is 22.4 Å². The number of benzene rings is 1. The molecule has 0 unspecified atom stereocenters. The van der Waals surface area contributed by atoms with Gasteiger partial charge in [0.15, 0.2) is 11.3 Å². The number of nitrogens with one attached hydrogen (secondary N) is 1. The van der Waals surface area contributed by atoms with Gasteiger partial charge in [0.05, 0.1) is 22.9 Å². The molecular weight excluding hydrogens is 320 g/mol. The van der Waals surface area contributed by atoms with Crippen molar-refractivity contribution in [2.45, 2.75) is 0 Å². The van der Waals surface area contributed by atoms with Gasteiger partial charge in [0.1, 0.15) is 23.2 Å². The first kappa shape index (κ1) is 15.2. The van der Waals surface area contributed by atoms with Gasteiger partial charge in [-0.2, -0.15) is 5.26 Å². The van der Waals surface area contributed by atoms with Gasteiger partial charge in [-0.3, -0.25) is 9.59 Å². The highest BCUT2D eigenvalue weighted by Crippen LogP contribution is 2.23. The van der Waals surface area contributed by atoms with Crippen LogP contribution >= 0.6 is 0 Å². The monoisotopic (exact) mass is 327 g/mol. The van der Waals surface area contributed by atoms with Crippen LogP contribution in [0, 0.1) is 23.0 Å². The molecule has 0 saturated carbocycles. The standard InChI is InChI=1S/C15H7F2N5O2/c16-9-2-1-7(14(19)24)11(17)10(9)13(23)8-5-21-15-12(8)22-6(3-18)4-20-15/h1-2,4-5H,(H2,19,24)(H,20,21). The number of H-pyrrole nitrogens is 1. The molecule has 3 aromatic rings. The van der Waals surface area contributed by atoms with E-state index in [1.807, 2.05) is 0 Å². The molecule has 1 amide bonds. The lowest BCUT2D eigenvalue weighted by Gasteiger charge is -2.06. The number of carbonyl (C=O) groups excluding carboxylic acids is 2. The Kier molecular flexibility index (Phi) is 3.50. The van der Waals surface area contributed by atoms with Gasteiger partial charge < -0.3 is 10.7 Å². The summed E-state index contributed by atoms with van der Waals surface area (Å²) in [5.41, 5.74) is 3.37. The molecule has 3 N–H and O–H groups in total. The molecule has 0 spiro atoms. The summed E-state index contributed by atoms with van der Waals surface area (Å²) in [4.78, 5) is 34.1. The molecule has 3 rings (SSSR count). The van der Waals surface area contributed by atoms with Crippen molar-refractivity contribution in [2.24, 2.45) is 5.73 Å². The number of hydrogen-bond donors (Lipinski definition) is 2. The summed E-state index contributed by atoms with van der Waals surface area (Å²) in [6.45, 7) is 0. The zero-order valence-corrected chi connectivity index (χ0v) is 11.8. The average molecular weight is 327 g/mol. The number of aromatic nitrogens is 3. The molecule has 0 bridgehead atoms. The van der Waals surface area contributed by atoms with E-state index in [0.717, 1.165) is 12.1 Å². The maximum absolute atomic E-state index is 14.3. The van der Waals surface area contributed by atoms with Crippen LogP contribution in [-0.4, -0.2) is 26.6 Å². The van der Waals surface area contributed by atoms with Gasteiger partial charge in [0.2, 0.25) is 5.78 Å². The van der Waals surface area contributed by atoms with E-state index in [1.54, 1.807) is 6.07 Å². The van der Waals surface area contributed by atoms with E-state index in [1.165, 1.54) is 12.4 Å². The van der Waals surface area contributed by atoms with Crippen LogP contribution < -0.4 is 5.73 Å². The van der Waals surface area contributed by atoms with Crippen LogP contribution in [0.5, 0.6) is 0 Å². The first-order valence-corrected chi connectivity index (χ1v) is 6.50. The number of primary amides is 1. The Morgan fingerprint density at radius 1 is 1.25 bits per heavy atom. The van der Waals surface area contributed by atoms with Crippen molar-refractivity contribution in [2.75, 3.05) is 0 Å². The van der Waals surface area contributed by atoms with E-state index in [2.05, 4.69) is 15.0 Å². The lowest BCUT2D eigenvalue weighted by Crippen LogP contribution is -2.17. The quantitative estimate of drug-likeness (QED) is 0.704. The molecule has 2 heterocycles. The van der Waals surface area contributed by atoms with Crippen LogP contribution in [0.3, 0.4) is 0 Å². The number of ketones is 1. The van der Waals surface area contributed by atoms with E-state index in [4.69, 9.17) is 11.0 Å². The average Bonchev–Trinajstić information content (AvgIpc) is 2.97. The summed E-state index contributed by atoms with van der Waals surface area (Å²) in [6, 6.07) is 3.38. The fourth-order valence-electron chi connectivity index (χ4n) is 2.20. The smallest absolute Gasteiger partial charge is 0.251 e. The van der Waals surface area contributed by atoms with E-state index < -0.39 is 34.5 Å². The normalized spacial score (nSPS) is 10.5. The highest BCUT2D eigenvalue weighted by molar-refractivity contribution is 6.16. The highest BCUT2D eigenvalue weighted by atomic mass is 19.1. The predicted octanol–water partition coefficient (Wildman–Crippen LogP) is 1.44. The SMILES string of the molecule is N#Cc1cnc2[nH]cc(C(=O)c3c(F)ccc(C(N)=O)c3F)c2n1. The molecule has 0 saturated heterocycles. The van der Waals surface area contributed by atoms with Crippen molar-refractivity contribution in [3.05, 3.63) is 58.5 Å². The summed E-state index contributed by atoms with van der Waals surface area (Å²) < 4.78 is 28.3. The molecule has 0 aliphatic carbocycles. The zero-order valence-electron chi connectivity index (χ0n) is 11.8. The van der Waals surface area contributed by atoms with Gasteiger partial charge in [0, 0.05) is 6.20 Å². The number of aromatic amines is 1. The minimum atomic E-state index is -1.36. The van der Waals surface area contributed by atoms with Gasteiger partial charge >= 0.3 is 0 Å². The van der Waals surface area contributed by atoms with Gasteiger partial charge in [-0.25, -0.2) is 18.7 Å². The van der Waals surface area contributed by atoms with Gasteiger partial charge in [-0.05, 0) is 12.1 Å². The molecule has 0 aliphatic rings. The van der Waals surface area contributed by atoms with Crippen molar-refractivity contribution in [1.29, 1.82) is 5.26 Å². The van der Waals surface area contributed by atoms with E-state index >= 15 is 0 Å². The Hall–Kier alpha value is -3.67. The fourth-order valence-corrected chi connectivity index (χ4v) is 2.20. The zero-order chi connectivity index (χ0) is 17.4. The Bertz CT molecular complexity index is 1050. The summed E-state index contributed by atoms with van der Waals surface area (Å²) in [5.74, 6) is -4.69. The lowest BCUT2D eigenvalue weighted by atomic mass is 10.0. The third-order valence-electron chi connectivity index (χ3n) is 3.32. The molecule has 0 radical (unpaired) electrons. The van der Waals surface area contributed by atoms with Crippen LogP contribution in [-0.2, 0) is 0 Å². The fraction of sp³-hybridized carbons (Fsp3) is 0. The second-order valence-electron chi connectivity index (χ2n) is 4.74. The molecule has 0 fully saturated rings. The molecule has 118 valence electrons. The van der Waals surface area contributed by atoms with Gasteiger partial charge in [-0.1, -0.05) is 0 Å². The number of rotatable bonds is 3. The lowest BCUT2D eigenvalue weighted by molar-refractivity contribution is 0.0996. The van der Waals surface area contributed by atoms with Crippen LogP contribution in [0.2, 0.25) is 0 Å². The van der Waals surface area contributed by atoms with E-state index in [0.29, 0.717) is 0 Å². The Labute approximate surface area is 132 Å². The number of nitrogens with two attached hydrogens (primary N) is 1. The Morgan fingerprint density at radius 2 is 2.00 bits per heavy atom. The number of nitrogens with zero attached hydrogens (tertiary/aromatic N) is 3. The molecule has 1 aromatic carbocycles. The summed E-state index contributed by atoms with van der Waals surface area (Å²) in [5, 5.41) is 8.85. The summed E-state index contributed by atoms with van der Waals surface area (Å²) >= 11 is 0. The number of hydrogen-bond acceptors (Lipinski definition) is 5. The predicted molar refractivity (Wildman–Crippen MR) is 76.9 cm³/mol. The molecule has 24 heavy (non-hydrogen) atoms. The maximum atomic E-state index is 14.3. The number of halogens is 2. The second-order valence-corrected chi connectivity index (χ2v) is 4.74. The van der Waals surface area contributed by atoms with Crippen LogP contribution in [0.1, 0.15) is 32.0 Å². The number of nitriles is 1. The van der Waals surface area contributed by atoms with Crippen LogP contribution in [0.25, 0.3) is 11.2 Å². The molecule has 0 aliphatic heterocycles. The first-order valence-electron chi connectivity index (χ1n) is 6.50. The number of carbonyl (C=O) groups is 2. The minimum Gasteiger partial charge on any atom is -0.366 e. The number of fused-ring (bicyclic) bond motifs is 1. The highest BCUT2D eigenvalue weighted by Gasteiger charge is 2.26. The van der Waals surface area contributed by atoms with Crippen LogP contribution in [0.4, 0.5) is 8.78 Å². The molecule has 0 atom stereocenters. The molecular formula is C15H7F2N5O2. The third-order valence-corrected chi connectivity index (χ3v) is 3.32. The molecule has 9 heteroatoms. The van der Waals surface area contributed by atoms with Crippen molar-refractivity contribution in [3.8, 4) is 6.07 Å². The van der Waals surface area contributed by atoms with Crippen molar-refractivity contribution >= 4 is 22.9 Å². The Balaban J connectivity index is 2.22. The van der Waals surface area contributed by atoms with Crippen LogP contribution in [0.15, 0.2) is 24.5 Å². The largest absolute Gasteiger partial charge is 0.366 e. The van der Waals surface area contributed by atoms with E-state index in [9.17, 15) is 18.4 Å². The molecule has 7 nitrogen and oxygen atoms in total. The minimum absolute atomic E-state index is 0.0117. The number of amides is 1. The van der Waals surface area contributed by atoms with Gasteiger partial charge in [-0.15, -0.1) is 0 Å². The van der Waals surface area contributed by atoms with Crippen molar-refractivity contribution < 1.29 is 18.4 Å². The summed E-state index contributed by atoms with van der Waals surface area (Å²) in [7, 11) is 0. The first-order chi connectivity index (χ1) is 11.4.